The summed E-state index contributed by atoms with van der Waals surface area (Å²) in [4.78, 5) is 2.55. The minimum Gasteiger partial charge on any atom is -0.497 e. The van der Waals surface area contributed by atoms with Crippen LogP contribution in [0.2, 0.25) is 0 Å². The summed E-state index contributed by atoms with van der Waals surface area (Å²) >= 11 is 0. The minimum absolute atomic E-state index is 0.0770. The predicted molar refractivity (Wildman–Crippen MR) is 108 cm³/mol. The lowest BCUT2D eigenvalue weighted by Gasteiger charge is -2.41. The third-order valence-corrected chi connectivity index (χ3v) is 6.08. The maximum Gasteiger partial charge on any atom is 0.124 e. The Hall–Kier alpha value is -2.04. The molecule has 0 radical (unpaired) electrons. The minimum atomic E-state index is -0.0770. The van der Waals surface area contributed by atoms with Gasteiger partial charge in [-0.3, -0.25) is 4.90 Å². The van der Waals surface area contributed by atoms with Crippen LogP contribution in [0.15, 0.2) is 48.5 Å². The molecule has 0 aromatic heterocycles. The Morgan fingerprint density at radius 2 is 1.85 bits per heavy atom. The highest BCUT2D eigenvalue weighted by atomic mass is 16.5. The van der Waals surface area contributed by atoms with Crippen LogP contribution in [0.5, 0.6) is 11.5 Å². The van der Waals surface area contributed by atoms with E-state index in [2.05, 4.69) is 53.7 Å². The molecule has 1 heterocycles. The first-order valence-electron chi connectivity index (χ1n) is 9.99. The lowest BCUT2D eigenvalue weighted by atomic mass is 9.81. The number of methoxy groups -OCH3 is 1. The first-order valence-corrected chi connectivity index (χ1v) is 9.99. The fraction of sp³-hybridized carbons (Fsp3) is 0.478. The molecule has 2 aromatic carbocycles. The lowest BCUT2D eigenvalue weighted by molar-refractivity contribution is -0.00321. The zero-order valence-corrected chi connectivity index (χ0v) is 16.4. The van der Waals surface area contributed by atoms with Crippen molar-refractivity contribution in [1.29, 1.82) is 0 Å². The van der Waals surface area contributed by atoms with E-state index in [0.29, 0.717) is 6.04 Å². The van der Waals surface area contributed by atoms with Crippen LogP contribution >= 0.6 is 0 Å². The van der Waals surface area contributed by atoms with Gasteiger partial charge in [0.2, 0.25) is 0 Å². The summed E-state index contributed by atoms with van der Waals surface area (Å²) in [5, 5.41) is 3.44. The van der Waals surface area contributed by atoms with E-state index in [4.69, 9.17) is 9.47 Å². The van der Waals surface area contributed by atoms with Crippen LogP contribution in [0.1, 0.15) is 36.8 Å². The zero-order chi connectivity index (χ0) is 18.7. The third-order valence-electron chi connectivity index (χ3n) is 6.08. The molecule has 4 rings (SSSR count). The molecule has 1 aliphatic heterocycles. The number of benzene rings is 2. The summed E-state index contributed by atoms with van der Waals surface area (Å²) in [6.07, 6.45) is 4.56. The van der Waals surface area contributed by atoms with E-state index in [1.54, 1.807) is 7.11 Å². The number of hydrogen-bond acceptors (Lipinski definition) is 4. The Morgan fingerprint density at radius 1 is 1.11 bits per heavy atom. The molecule has 1 spiro atoms. The van der Waals surface area contributed by atoms with E-state index in [9.17, 15) is 0 Å². The second kappa shape index (κ2) is 7.91. The van der Waals surface area contributed by atoms with Crippen molar-refractivity contribution in [2.24, 2.45) is 0 Å². The number of ether oxygens (including phenoxy) is 2. The van der Waals surface area contributed by atoms with Crippen molar-refractivity contribution in [2.75, 3.05) is 20.7 Å². The van der Waals surface area contributed by atoms with Crippen LogP contribution in [0.4, 0.5) is 0 Å². The molecule has 1 fully saturated rings. The highest BCUT2D eigenvalue weighted by Gasteiger charge is 2.40. The molecule has 27 heavy (non-hydrogen) atoms. The van der Waals surface area contributed by atoms with Gasteiger partial charge in [-0.2, -0.15) is 0 Å². The van der Waals surface area contributed by atoms with Gasteiger partial charge in [0, 0.05) is 31.2 Å². The maximum absolute atomic E-state index is 6.69. The van der Waals surface area contributed by atoms with Crippen molar-refractivity contribution >= 4 is 0 Å². The molecular weight excluding hydrogens is 336 g/mol. The standard InChI is InChI=1S/C23H30N2O2/c1-24-20-11-13-23(14-12-20)17-25(15-18-7-9-21(26-2)10-8-18)16-19-5-3-4-6-22(19)27-23/h3-10,20,24H,11-17H2,1-2H3. The van der Waals surface area contributed by atoms with Gasteiger partial charge >= 0.3 is 0 Å². The summed E-state index contributed by atoms with van der Waals surface area (Å²) in [6.45, 7) is 2.84. The number of para-hydroxylation sites is 1. The fourth-order valence-corrected chi connectivity index (χ4v) is 4.50. The maximum atomic E-state index is 6.69. The summed E-state index contributed by atoms with van der Waals surface area (Å²) in [5.74, 6) is 1.97. The molecule has 0 bridgehead atoms. The van der Waals surface area contributed by atoms with E-state index in [1.165, 1.54) is 24.0 Å². The van der Waals surface area contributed by atoms with Gasteiger partial charge < -0.3 is 14.8 Å². The molecule has 4 nitrogen and oxygen atoms in total. The molecule has 144 valence electrons. The van der Waals surface area contributed by atoms with E-state index < -0.39 is 0 Å². The summed E-state index contributed by atoms with van der Waals surface area (Å²) in [5.41, 5.74) is 2.53. The van der Waals surface area contributed by atoms with Crippen molar-refractivity contribution < 1.29 is 9.47 Å². The number of nitrogens with zero attached hydrogens (tertiary/aromatic N) is 1. The largest absolute Gasteiger partial charge is 0.497 e. The molecular formula is C23H30N2O2. The van der Waals surface area contributed by atoms with Gasteiger partial charge in [0.05, 0.1) is 7.11 Å². The average Bonchev–Trinajstić information content (AvgIpc) is 2.85. The number of rotatable bonds is 4. The first kappa shape index (κ1) is 18.3. The van der Waals surface area contributed by atoms with Gasteiger partial charge in [0.15, 0.2) is 0 Å². The monoisotopic (exact) mass is 366 g/mol. The Labute approximate surface area is 162 Å². The van der Waals surface area contributed by atoms with Crippen LogP contribution in [-0.2, 0) is 13.1 Å². The van der Waals surface area contributed by atoms with Gasteiger partial charge in [-0.1, -0.05) is 30.3 Å². The van der Waals surface area contributed by atoms with Crippen LogP contribution < -0.4 is 14.8 Å². The second-order valence-electron chi connectivity index (χ2n) is 7.95. The van der Waals surface area contributed by atoms with Crippen LogP contribution in [0.3, 0.4) is 0 Å². The summed E-state index contributed by atoms with van der Waals surface area (Å²) in [6, 6.07) is 17.6. The van der Waals surface area contributed by atoms with Crippen molar-refractivity contribution in [2.45, 2.75) is 50.4 Å². The first-order chi connectivity index (χ1) is 13.2. The molecule has 1 saturated carbocycles. The number of hydrogen-bond donors (Lipinski definition) is 1. The van der Waals surface area contributed by atoms with Gasteiger partial charge in [0.25, 0.3) is 0 Å². The molecule has 0 amide bonds. The lowest BCUT2D eigenvalue weighted by Crippen LogP contribution is -2.50. The molecule has 2 aliphatic rings. The normalized spacial score (nSPS) is 25.5. The van der Waals surface area contributed by atoms with E-state index >= 15 is 0 Å². The fourth-order valence-electron chi connectivity index (χ4n) is 4.50. The van der Waals surface area contributed by atoms with Gasteiger partial charge in [-0.15, -0.1) is 0 Å². The highest BCUT2D eigenvalue weighted by Crippen LogP contribution is 2.38. The Bertz CT molecular complexity index is 751. The Kier molecular flexibility index (Phi) is 5.37. The van der Waals surface area contributed by atoms with E-state index in [1.807, 2.05) is 12.1 Å². The second-order valence-corrected chi connectivity index (χ2v) is 7.95. The highest BCUT2D eigenvalue weighted by molar-refractivity contribution is 5.35. The Morgan fingerprint density at radius 3 is 2.56 bits per heavy atom. The predicted octanol–water partition coefficient (Wildman–Crippen LogP) is 3.99. The Balaban J connectivity index is 1.57. The van der Waals surface area contributed by atoms with Gasteiger partial charge in [0.1, 0.15) is 17.1 Å². The van der Waals surface area contributed by atoms with Gasteiger partial charge in [-0.25, -0.2) is 0 Å². The van der Waals surface area contributed by atoms with Crippen molar-refractivity contribution in [1.82, 2.24) is 10.2 Å². The van der Waals surface area contributed by atoms with Crippen LogP contribution in [0.25, 0.3) is 0 Å². The SMILES string of the molecule is CNC1CCC2(CC1)CN(Cc1ccc(OC)cc1)Cc1ccccc1O2. The third kappa shape index (κ3) is 4.12. The smallest absolute Gasteiger partial charge is 0.124 e. The van der Waals surface area contributed by atoms with Crippen molar-refractivity contribution in [3.05, 3.63) is 59.7 Å². The topological polar surface area (TPSA) is 33.7 Å². The van der Waals surface area contributed by atoms with E-state index in [-0.39, 0.29) is 5.60 Å². The zero-order valence-electron chi connectivity index (χ0n) is 16.4. The summed E-state index contributed by atoms with van der Waals surface area (Å²) in [7, 11) is 3.78. The molecule has 1 aliphatic carbocycles. The van der Waals surface area contributed by atoms with Crippen molar-refractivity contribution in [3.63, 3.8) is 0 Å². The van der Waals surface area contributed by atoms with E-state index in [0.717, 1.165) is 44.0 Å². The van der Waals surface area contributed by atoms with Crippen LogP contribution in [0, 0.1) is 0 Å². The number of nitrogens with one attached hydrogen (secondary N) is 1. The molecule has 0 unspecified atom stereocenters. The van der Waals surface area contributed by atoms with Crippen LogP contribution in [-0.4, -0.2) is 37.2 Å². The molecule has 0 saturated heterocycles. The average molecular weight is 367 g/mol. The van der Waals surface area contributed by atoms with Crippen molar-refractivity contribution in [3.8, 4) is 11.5 Å². The summed E-state index contributed by atoms with van der Waals surface area (Å²) < 4.78 is 12.0. The molecule has 0 atom stereocenters. The molecule has 4 heteroatoms. The quantitative estimate of drug-likeness (QED) is 0.887. The molecule has 1 N–H and O–H groups in total. The molecule has 2 aromatic rings. The van der Waals surface area contributed by atoms with Gasteiger partial charge in [-0.05, 0) is 56.5 Å². The number of fused-ring (bicyclic) bond motifs is 1.